The molecule has 0 radical (unpaired) electrons. The molecule has 0 bridgehead atoms. The Morgan fingerprint density at radius 1 is 1.33 bits per heavy atom. The molecule has 1 rings (SSSR count). The third kappa shape index (κ3) is 2.63. The first-order valence-corrected chi connectivity index (χ1v) is 5.06. The highest BCUT2D eigenvalue weighted by Crippen LogP contribution is 2.28. The number of rotatable bonds is 3. The second-order valence-electron chi connectivity index (χ2n) is 4.10. The van der Waals surface area contributed by atoms with E-state index in [1.54, 1.807) is 0 Å². The summed E-state index contributed by atoms with van der Waals surface area (Å²) in [5.74, 6) is 0.893. The smallest absolute Gasteiger partial charge is 0.0277 e. The van der Waals surface area contributed by atoms with Gasteiger partial charge in [0, 0.05) is 6.04 Å². The summed E-state index contributed by atoms with van der Waals surface area (Å²) in [5, 5.41) is 3.40. The van der Waals surface area contributed by atoms with E-state index in [2.05, 4.69) is 32.3 Å². The molecule has 1 N–H and O–H groups in total. The Labute approximate surface area is 76.2 Å². The van der Waals surface area contributed by atoms with Crippen molar-refractivity contribution in [2.24, 2.45) is 5.92 Å². The molecule has 1 aliphatic carbocycles. The van der Waals surface area contributed by atoms with E-state index in [9.17, 15) is 0 Å². The minimum Gasteiger partial charge on any atom is -0.313 e. The highest BCUT2D eigenvalue weighted by Gasteiger charge is 2.21. The van der Waals surface area contributed by atoms with Crippen LogP contribution in [0.3, 0.4) is 0 Å². The fraction of sp³-hybridized carbons (Fsp3) is 0.818. The number of hydrogen-bond acceptors (Lipinski definition) is 1. The van der Waals surface area contributed by atoms with Crippen LogP contribution < -0.4 is 5.32 Å². The summed E-state index contributed by atoms with van der Waals surface area (Å²) in [6.45, 7) is 4.36. The van der Waals surface area contributed by atoms with Crippen LogP contribution in [0.5, 0.6) is 0 Å². The lowest BCUT2D eigenvalue weighted by Gasteiger charge is -2.19. The van der Waals surface area contributed by atoms with Crippen LogP contribution in [-0.4, -0.2) is 13.1 Å². The lowest BCUT2D eigenvalue weighted by Crippen LogP contribution is -2.30. The van der Waals surface area contributed by atoms with Gasteiger partial charge in [0.1, 0.15) is 0 Å². The average molecular weight is 167 g/mol. The van der Waals surface area contributed by atoms with E-state index in [1.165, 1.54) is 31.3 Å². The van der Waals surface area contributed by atoms with Crippen molar-refractivity contribution >= 4 is 0 Å². The Kier molecular flexibility index (Phi) is 3.80. The topological polar surface area (TPSA) is 12.0 Å². The maximum Gasteiger partial charge on any atom is 0.0277 e. The van der Waals surface area contributed by atoms with Gasteiger partial charge in [0.05, 0.1) is 0 Å². The molecule has 0 aliphatic heterocycles. The Bertz CT molecular complexity index is 150. The fourth-order valence-electron chi connectivity index (χ4n) is 2.13. The van der Waals surface area contributed by atoms with Gasteiger partial charge in [-0.05, 0) is 39.7 Å². The molecule has 0 aromatic rings. The van der Waals surface area contributed by atoms with E-state index in [0.717, 1.165) is 5.92 Å². The van der Waals surface area contributed by atoms with E-state index in [1.807, 2.05) is 0 Å². The van der Waals surface area contributed by atoms with Crippen LogP contribution in [0.4, 0.5) is 0 Å². The van der Waals surface area contributed by atoms with Crippen molar-refractivity contribution < 1.29 is 0 Å². The van der Waals surface area contributed by atoms with Crippen molar-refractivity contribution in [2.75, 3.05) is 7.05 Å². The molecule has 0 aromatic carbocycles. The normalized spacial score (nSPS) is 20.9. The molecule has 1 nitrogen and oxygen atoms in total. The highest BCUT2D eigenvalue weighted by atomic mass is 14.9. The van der Waals surface area contributed by atoms with Gasteiger partial charge in [-0.3, -0.25) is 0 Å². The molecule has 70 valence electrons. The third-order valence-corrected chi connectivity index (χ3v) is 2.75. The van der Waals surface area contributed by atoms with E-state index in [-0.39, 0.29) is 0 Å². The van der Waals surface area contributed by atoms with E-state index >= 15 is 0 Å². The van der Waals surface area contributed by atoms with Crippen LogP contribution in [0, 0.1) is 5.92 Å². The molecule has 0 amide bonds. The van der Waals surface area contributed by atoms with Crippen molar-refractivity contribution in [1.29, 1.82) is 0 Å². The fourth-order valence-corrected chi connectivity index (χ4v) is 2.13. The van der Waals surface area contributed by atoms with E-state index < -0.39 is 0 Å². The molecule has 0 spiro atoms. The minimum absolute atomic E-state index is 0.623. The quantitative estimate of drug-likeness (QED) is 0.637. The average Bonchev–Trinajstić information content (AvgIpc) is 2.51. The van der Waals surface area contributed by atoms with Crippen molar-refractivity contribution in [3.63, 3.8) is 0 Å². The summed E-state index contributed by atoms with van der Waals surface area (Å²) in [6.07, 6.45) is 8.06. The first-order valence-electron chi connectivity index (χ1n) is 5.06. The molecule has 1 fully saturated rings. The summed E-state index contributed by atoms with van der Waals surface area (Å²) in [7, 11) is 2.07. The molecule has 1 atom stereocenters. The Balaban J connectivity index is 2.49. The number of allylic oxidation sites excluding steroid dienone is 1. The monoisotopic (exact) mass is 167 g/mol. The molecule has 0 heterocycles. The molecule has 0 aromatic heterocycles. The lowest BCUT2D eigenvalue weighted by atomic mass is 9.97. The van der Waals surface area contributed by atoms with Crippen molar-refractivity contribution in [3.8, 4) is 0 Å². The summed E-state index contributed by atoms with van der Waals surface area (Å²) in [4.78, 5) is 0. The summed E-state index contributed by atoms with van der Waals surface area (Å²) >= 11 is 0. The number of nitrogens with one attached hydrogen (secondary N) is 1. The van der Waals surface area contributed by atoms with Crippen molar-refractivity contribution in [3.05, 3.63) is 11.6 Å². The van der Waals surface area contributed by atoms with Gasteiger partial charge in [-0.2, -0.15) is 0 Å². The van der Waals surface area contributed by atoms with Gasteiger partial charge in [-0.1, -0.05) is 24.5 Å². The molecule has 12 heavy (non-hydrogen) atoms. The van der Waals surface area contributed by atoms with Gasteiger partial charge in [0.25, 0.3) is 0 Å². The molecular formula is C11H21N. The summed E-state index contributed by atoms with van der Waals surface area (Å²) in [6, 6.07) is 0.623. The molecule has 1 heteroatoms. The molecular weight excluding hydrogens is 146 g/mol. The summed E-state index contributed by atoms with van der Waals surface area (Å²) in [5.41, 5.74) is 1.43. The van der Waals surface area contributed by atoms with Gasteiger partial charge in [-0.15, -0.1) is 0 Å². The zero-order valence-corrected chi connectivity index (χ0v) is 8.56. The molecule has 1 unspecified atom stereocenters. The first-order chi connectivity index (χ1) is 5.74. The van der Waals surface area contributed by atoms with Crippen LogP contribution in [0.1, 0.15) is 39.5 Å². The first kappa shape index (κ1) is 9.79. The minimum atomic E-state index is 0.623. The second kappa shape index (κ2) is 4.66. The summed E-state index contributed by atoms with van der Waals surface area (Å²) < 4.78 is 0. The highest BCUT2D eigenvalue weighted by molar-refractivity contribution is 5.03. The van der Waals surface area contributed by atoms with E-state index in [0.29, 0.717) is 6.04 Å². The maximum atomic E-state index is 3.40. The van der Waals surface area contributed by atoms with Crippen LogP contribution >= 0.6 is 0 Å². The number of hydrogen-bond donors (Lipinski definition) is 1. The maximum absolute atomic E-state index is 3.40. The largest absolute Gasteiger partial charge is 0.313 e. The standard InChI is InChI=1S/C11H21N/c1-9(2)8-11(12-3)10-6-4-5-7-10/h8,10-12H,4-7H2,1-3H3. The van der Waals surface area contributed by atoms with Crippen molar-refractivity contribution in [1.82, 2.24) is 5.32 Å². The van der Waals surface area contributed by atoms with Gasteiger partial charge in [-0.25, -0.2) is 0 Å². The molecule has 0 saturated heterocycles. The van der Waals surface area contributed by atoms with Crippen LogP contribution in [0.15, 0.2) is 11.6 Å². The van der Waals surface area contributed by atoms with Crippen molar-refractivity contribution in [2.45, 2.75) is 45.6 Å². The van der Waals surface area contributed by atoms with Gasteiger partial charge >= 0.3 is 0 Å². The SMILES string of the molecule is CNC(C=C(C)C)C1CCCC1. The van der Waals surface area contributed by atoms with Gasteiger partial charge in [0.2, 0.25) is 0 Å². The predicted molar refractivity (Wildman–Crippen MR) is 54.2 cm³/mol. The molecule has 1 aliphatic rings. The Hall–Kier alpha value is -0.300. The molecule has 1 saturated carbocycles. The predicted octanol–water partition coefficient (Wildman–Crippen LogP) is 2.73. The Morgan fingerprint density at radius 3 is 2.33 bits per heavy atom. The second-order valence-corrected chi connectivity index (χ2v) is 4.10. The zero-order valence-electron chi connectivity index (χ0n) is 8.56. The zero-order chi connectivity index (χ0) is 8.97. The van der Waals surface area contributed by atoms with E-state index in [4.69, 9.17) is 0 Å². The van der Waals surface area contributed by atoms with Crippen LogP contribution in [0.25, 0.3) is 0 Å². The lowest BCUT2D eigenvalue weighted by molar-refractivity contribution is 0.437. The van der Waals surface area contributed by atoms with Crippen LogP contribution in [0.2, 0.25) is 0 Å². The van der Waals surface area contributed by atoms with Gasteiger partial charge < -0.3 is 5.32 Å². The Morgan fingerprint density at radius 2 is 1.92 bits per heavy atom. The number of likely N-dealkylation sites (N-methyl/N-ethyl adjacent to an activating group) is 1. The third-order valence-electron chi connectivity index (χ3n) is 2.75. The van der Waals surface area contributed by atoms with Crippen LogP contribution in [-0.2, 0) is 0 Å². The van der Waals surface area contributed by atoms with Gasteiger partial charge in [0.15, 0.2) is 0 Å².